The average Bonchev–Trinajstić information content (AvgIpc) is 2.40. The lowest BCUT2D eigenvalue weighted by atomic mass is 9.70. The standard InChI is InChI=1S/C16H25NO/c1-3-9-17-12-15-8-7-14(15)10-13-5-4-6-16(11-13)18-2/h4-6,11,14-15,17H,3,7-10,12H2,1-2H3. The number of rotatable bonds is 7. The molecule has 2 nitrogen and oxygen atoms in total. The van der Waals surface area contributed by atoms with Gasteiger partial charge in [0.1, 0.15) is 5.75 Å². The normalized spacial score (nSPS) is 22.6. The highest BCUT2D eigenvalue weighted by Crippen LogP contribution is 2.36. The third kappa shape index (κ3) is 3.49. The lowest BCUT2D eigenvalue weighted by Crippen LogP contribution is -2.36. The summed E-state index contributed by atoms with van der Waals surface area (Å²) in [6, 6.07) is 8.51. The van der Waals surface area contributed by atoms with Crippen LogP contribution < -0.4 is 10.1 Å². The fraction of sp³-hybridized carbons (Fsp3) is 0.625. The maximum Gasteiger partial charge on any atom is 0.119 e. The highest BCUT2D eigenvalue weighted by atomic mass is 16.5. The molecule has 1 saturated carbocycles. The molecular weight excluding hydrogens is 222 g/mol. The van der Waals surface area contributed by atoms with Gasteiger partial charge < -0.3 is 10.1 Å². The van der Waals surface area contributed by atoms with Gasteiger partial charge in [0.15, 0.2) is 0 Å². The molecule has 0 spiro atoms. The van der Waals surface area contributed by atoms with Crippen molar-refractivity contribution >= 4 is 0 Å². The summed E-state index contributed by atoms with van der Waals surface area (Å²) in [6.07, 6.45) is 5.21. The first kappa shape index (κ1) is 13.4. The Bertz CT molecular complexity index is 364. The van der Waals surface area contributed by atoms with E-state index < -0.39 is 0 Å². The van der Waals surface area contributed by atoms with Gasteiger partial charge in [0.25, 0.3) is 0 Å². The number of methoxy groups -OCH3 is 1. The van der Waals surface area contributed by atoms with Crippen molar-refractivity contribution in [3.05, 3.63) is 29.8 Å². The number of hydrogen-bond acceptors (Lipinski definition) is 2. The summed E-state index contributed by atoms with van der Waals surface area (Å²) >= 11 is 0. The van der Waals surface area contributed by atoms with Crippen molar-refractivity contribution in [3.63, 3.8) is 0 Å². The molecule has 1 aromatic rings. The van der Waals surface area contributed by atoms with Crippen LogP contribution >= 0.6 is 0 Å². The first-order valence-corrected chi connectivity index (χ1v) is 7.17. The first-order chi connectivity index (χ1) is 8.83. The lowest BCUT2D eigenvalue weighted by Gasteiger charge is -2.37. The molecule has 0 aromatic heterocycles. The van der Waals surface area contributed by atoms with Crippen LogP contribution in [-0.4, -0.2) is 20.2 Å². The van der Waals surface area contributed by atoms with E-state index in [-0.39, 0.29) is 0 Å². The largest absolute Gasteiger partial charge is 0.497 e. The molecule has 18 heavy (non-hydrogen) atoms. The molecule has 0 radical (unpaired) electrons. The van der Waals surface area contributed by atoms with Crippen molar-refractivity contribution in [2.24, 2.45) is 11.8 Å². The Morgan fingerprint density at radius 2 is 2.11 bits per heavy atom. The smallest absolute Gasteiger partial charge is 0.119 e. The second-order valence-corrected chi connectivity index (χ2v) is 5.36. The Balaban J connectivity index is 1.81. The number of benzene rings is 1. The molecule has 0 bridgehead atoms. The molecule has 0 amide bonds. The van der Waals surface area contributed by atoms with Gasteiger partial charge in [-0.15, -0.1) is 0 Å². The number of nitrogens with one attached hydrogen (secondary N) is 1. The number of ether oxygens (including phenoxy) is 1. The van der Waals surface area contributed by atoms with Crippen LogP contribution in [0.2, 0.25) is 0 Å². The summed E-state index contributed by atoms with van der Waals surface area (Å²) in [5, 5.41) is 3.55. The minimum absolute atomic E-state index is 0.862. The van der Waals surface area contributed by atoms with Crippen LogP contribution in [0, 0.1) is 11.8 Å². The fourth-order valence-corrected chi connectivity index (χ4v) is 2.74. The molecule has 1 fully saturated rings. The maximum atomic E-state index is 5.28. The SMILES string of the molecule is CCCNCC1CCC1Cc1cccc(OC)c1. The maximum absolute atomic E-state index is 5.28. The highest BCUT2D eigenvalue weighted by Gasteiger charge is 2.30. The molecule has 2 rings (SSSR count). The van der Waals surface area contributed by atoms with E-state index in [0.717, 1.165) is 24.1 Å². The van der Waals surface area contributed by atoms with Gasteiger partial charge in [-0.3, -0.25) is 0 Å². The van der Waals surface area contributed by atoms with E-state index in [1.807, 2.05) is 6.07 Å². The predicted octanol–water partition coefficient (Wildman–Crippen LogP) is 3.26. The van der Waals surface area contributed by atoms with Gasteiger partial charge in [0.05, 0.1) is 7.11 Å². The van der Waals surface area contributed by atoms with Crippen LogP contribution in [-0.2, 0) is 6.42 Å². The molecule has 0 saturated heterocycles. The Labute approximate surface area is 111 Å². The lowest BCUT2D eigenvalue weighted by molar-refractivity contribution is 0.171. The summed E-state index contributed by atoms with van der Waals surface area (Å²) in [5.74, 6) is 2.72. The first-order valence-electron chi connectivity index (χ1n) is 7.17. The van der Waals surface area contributed by atoms with Crippen LogP contribution in [0.25, 0.3) is 0 Å². The van der Waals surface area contributed by atoms with E-state index in [0.29, 0.717) is 0 Å². The number of hydrogen-bond donors (Lipinski definition) is 1. The molecule has 1 N–H and O–H groups in total. The molecule has 0 aliphatic heterocycles. The minimum Gasteiger partial charge on any atom is -0.497 e. The van der Waals surface area contributed by atoms with Gasteiger partial charge in [-0.05, 0) is 68.3 Å². The van der Waals surface area contributed by atoms with E-state index in [4.69, 9.17) is 4.74 Å². The van der Waals surface area contributed by atoms with Crippen molar-refractivity contribution in [2.75, 3.05) is 20.2 Å². The monoisotopic (exact) mass is 247 g/mol. The van der Waals surface area contributed by atoms with Gasteiger partial charge in [0.2, 0.25) is 0 Å². The van der Waals surface area contributed by atoms with Gasteiger partial charge >= 0.3 is 0 Å². The summed E-state index contributed by atoms with van der Waals surface area (Å²) < 4.78 is 5.28. The summed E-state index contributed by atoms with van der Waals surface area (Å²) in [5.41, 5.74) is 1.42. The molecule has 1 aliphatic carbocycles. The second kappa shape index (κ2) is 6.79. The quantitative estimate of drug-likeness (QED) is 0.747. The van der Waals surface area contributed by atoms with E-state index in [2.05, 4.69) is 30.4 Å². The van der Waals surface area contributed by atoms with Gasteiger partial charge in [0, 0.05) is 0 Å². The van der Waals surface area contributed by atoms with E-state index in [1.54, 1.807) is 7.11 Å². The topological polar surface area (TPSA) is 21.3 Å². The summed E-state index contributed by atoms with van der Waals surface area (Å²) in [6.45, 7) is 4.58. The molecular formula is C16H25NO. The second-order valence-electron chi connectivity index (χ2n) is 5.36. The molecule has 2 heteroatoms. The van der Waals surface area contributed by atoms with Crippen LogP contribution in [0.1, 0.15) is 31.7 Å². The van der Waals surface area contributed by atoms with Gasteiger partial charge in [-0.2, -0.15) is 0 Å². The van der Waals surface area contributed by atoms with Crippen LogP contribution in [0.4, 0.5) is 0 Å². The van der Waals surface area contributed by atoms with E-state index in [9.17, 15) is 0 Å². The minimum atomic E-state index is 0.862. The van der Waals surface area contributed by atoms with Crippen molar-refractivity contribution in [2.45, 2.75) is 32.6 Å². The predicted molar refractivity (Wildman–Crippen MR) is 76.1 cm³/mol. The molecule has 0 heterocycles. The van der Waals surface area contributed by atoms with Crippen LogP contribution in [0.5, 0.6) is 5.75 Å². The molecule has 1 aliphatic rings. The molecule has 2 atom stereocenters. The summed E-state index contributed by atoms with van der Waals surface area (Å²) in [7, 11) is 1.74. The Morgan fingerprint density at radius 1 is 1.28 bits per heavy atom. The third-order valence-electron chi connectivity index (χ3n) is 4.04. The van der Waals surface area contributed by atoms with E-state index in [1.165, 1.54) is 37.8 Å². The van der Waals surface area contributed by atoms with Gasteiger partial charge in [-0.1, -0.05) is 19.1 Å². The molecule has 100 valence electrons. The van der Waals surface area contributed by atoms with Crippen LogP contribution in [0.15, 0.2) is 24.3 Å². The Kier molecular flexibility index (Phi) is 5.06. The fourth-order valence-electron chi connectivity index (χ4n) is 2.74. The van der Waals surface area contributed by atoms with E-state index >= 15 is 0 Å². The third-order valence-corrected chi connectivity index (χ3v) is 4.04. The Hall–Kier alpha value is -1.02. The zero-order valence-electron chi connectivity index (χ0n) is 11.6. The zero-order chi connectivity index (χ0) is 12.8. The van der Waals surface area contributed by atoms with Crippen LogP contribution in [0.3, 0.4) is 0 Å². The molecule has 2 unspecified atom stereocenters. The van der Waals surface area contributed by atoms with Gasteiger partial charge in [-0.25, -0.2) is 0 Å². The summed E-state index contributed by atoms with van der Waals surface area (Å²) in [4.78, 5) is 0. The highest BCUT2D eigenvalue weighted by molar-refractivity contribution is 5.28. The van der Waals surface area contributed by atoms with Crippen molar-refractivity contribution in [1.82, 2.24) is 5.32 Å². The van der Waals surface area contributed by atoms with Crippen molar-refractivity contribution < 1.29 is 4.74 Å². The van der Waals surface area contributed by atoms with Crippen molar-refractivity contribution in [1.29, 1.82) is 0 Å². The molecule has 1 aromatic carbocycles. The average molecular weight is 247 g/mol. The van der Waals surface area contributed by atoms with Crippen molar-refractivity contribution in [3.8, 4) is 5.75 Å². The Morgan fingerprint density at radius 3 is 2.78 bits per heavy atom. The zero-order valence-corrected chi connectivity index (χ0v) is 11.6.